The predicted octanol–water partition coefficient (Wildman–Crippen LogP) is 3.56. The maximum Gasteiger partial charge on any atom is 0.297 e. The van der Waals surface area contributed by atoms with Crippen LogP contribution in [0.15, 0.2) is 41.3 Å². The van der Waals surface area contributed by atoms with Gasteiger partial charge in [0.2, 0.25) is 0 Å². The molecule has 1 atom stereocenters. The van der Waals surface area contributed by atoms with Crippen LogP contribution in [0, 0.1) is 7.14 Å². The van der Waals surface area contributed by atoms with Crippen molar-refractivity contribution < 1.29 is 27.2 Å². The zero-order chi connectivity index (χ0) is 20.9. The van der Waals surface area contributed by atoms with Gasteiger partial charge in [0.15, 0.2) is 0 Å². The van der Waals surface area contributed by atoms with E-state index in [0.29, 0.717) is 18.8 Å². The van der Waals surface area contributed by atoms with Crippen LogP contribution in [0.5, 0.6) is 5.75 Å². The summed E-state index contributed by atoms with van der Waals surface area (Å²) in [6.07, 6.45) is 0.974. The lowest BCUT2D eigenvalue weighted by Gasteiger charge is -2.13. The predicted molar refractivity (Wildman–Crippen MR) is 120 cm³/mol. The molecule has 0 heterocycles. The van der Waals surface area contributed by atoms with Crippen molar-refractivity contribution in [3.05, 3.63) is 54.7 Å². The summed E-state index contributed by atoms with van der Waals surface area (Å²) < 4.78 is 36.4. The van der Waals surface area contributed by atoms with E-state index in [1.165, 1.54) is 12.1 Å². The Bertz CT molecular complexity index is 918. The molecule has 0 fully saturated rings. The SMILES string of the molecule is CCC(C)c1ccc(S(=O)(=O)OCCOc2c(I)cc(C(=O)[O-])cc2I)cc1. The molecule has 0 saturated heterocycles. The third-order valence-electron chi connectivity index (χ3n) is 4.15. The molecule has 0 spiro atoms. The van der Waals surface area contributed by atoms with Crippen molar-refractivity contribution in [1.29, 1.82) is 0 Å². The van der Waals surface area contributed by atoms with Crippen molar-refractivity contribution in [3.63, 3.8) is 0 Å². The molecule has 0 aliphatic rings. The minimum Gasteiger partial charge on any atom is -0.545 e. The van der Waals surface area contributed by atoms with Crippen molar-refractivity contribution in [2.45, 2.75) is 31.1 Å². The van der Waals surface area contributed by atoms with Gasteiger partial charge >= 0.3 is 0 Å². The molecule has 0 radical (unpaired) electrons. The summed E-state index contributed by atoms with van der Waals surface area (Å²) in [6.45, 7) is 4.00. The number of carboxylic acids is 1. The second-order valence-corrected chi connectivity index (χ2v) is 10.00. The number of ether oxygens (including phenoxy) is 1. The van der Waals surface area contributed by atoms with Crippen LogP contribution in [0.3, 0.4) is 0 Å². The quantitative estimate of drug-likeness (QED) is 0.240. The van der Waals surface area contributed by atoms with E-state index >= 15 is 0 Å². The molecule has 152 valence electrons. The number of rotatable bonds is 9. The summed E-state index contributed by atoms with van der Waals surface area (Å²) in [5.41, 5.74) is 1.13. The average molecular weight is 629 g/mol. The highest BCUT2D eigenvalue weighted by atomic mass is 127. The van der Waals surface area contributed by atoms with Crippen molar-refractivity contribution in [2.75, 3.05) is 13.2 Å². The Morgan fingerprint density at radius 2 is 1.68 bits per heavy atom. The van der Waals surface area contributed by atoms with E-state index in [4.69, 9.17) is 8.92 Å². The van der Waals surface area contributed by atoms with Crippen molar-refractivity contribution in [2.24, 2.45) is 0 Å². The van der Waals surface area contributed by atoms with Crippen LogP contribution in [0.1, 0.15) is 42.1 Å². The van der Waals surface area contributed by atoms with Gasteiger partial charge in [0, 0.05) is 0 Å². The number of carboxylic acid groups (broad SMARTS) is 1. The Hall–Kier alpha value is -0.920. The minimum atomic E-state index is -3.87. The first-order valence-electron chi connectivity index (χ1n) is 8.48. The van der Waals surface area contributed by atoms with Gasteiger partial charge in [0.1, 0.15) is 19.0 Å². The molecule has 0 saturated carbocycles. The maximum atomic E-state index is 12.3. The van der Waals surface area contributed by atoms with Gasteiger partial charge in [-0.2, -0.15) is 8.42 Å². The Morgan fingerprint density at radius 3 is 2.18 bits per heavy atom. The Labute approximate surface area is 192 Å². The number of benzene rings is 2. The van der Waals surface area contributed by atoms with E-state index in [-0.39, 0.29) is 23.7 Å². The molecule has 0 aliphatic carbocycles. The van der Waals surface area contributed by atoms with Crippen molar-refractivity contribution in [3.8, 4) is 5.75 Å². The maximum absolute atomic E-state index is 12.3. The molecular formula is C19H19I2O6S-. The van der Waals surface area contributed by atoms with E-state index < -0.39 is 16.1 Å². The summed E-state index contributed by atoms with van der Waals surface area (Å²) >= 11 is 3.91. The van der Waals surface area contributed by atoms with Gasteiger partial charge in [0.25, 0.3) is 10.1 Å². The molecule has 28 heavy (non-hydrogen) atoms. The van der Waals surface area contributed by atoms with Gasteiger partial charge in [-0.15, -0.1) is 0 Å². The largest absolute Gasteiger partial charge is 0.545 e. The summed E-state index contributed by atoms with van der Waals surface area (Å²) in [5.74, 6) is -0.430. The van der Waals surface area contributed by atoms with E-state index in [1.807, 2.05) is 45.2 Å². The van der Waals surface area contributed by atoms with Crippen molar-refractivity contribution in [1.82, 2.24) is 0 Å². The van der Waals surface area contributed by atoms with E-state index in [1.54, 1.807) is 24.3 Å². The molecular weight excluding hydrogens is 610 g/mol. The van der Waals surface area contributed by atoms with E-state index in [0.717, 1.165) is 12.0 Å². The fourth-order valence-electron chi connectivity index (χ4n) is 2.37. The van der Waals surface area contributed by atoms with Crippen LogP contribution < -0.4 is 9.84 Å². The van der Waals surface area contributed by atoms with Gasteiger partial charge in [0.05, 0.1) is 18.0 Å². The zero-order valence-electron chi connectivity index (χ0n) is 15.3. The van der Waals surface area contributed by atoms with Crippen LogP contribution in [-0.4, -0.2) is 27.6 Å². The van der Waals surface area contributed by atoms with Crippen LogP contribution in [0.25, 0.3) is 0 Å². The molecule has 2 aromatic rings. The fourth-order valence-corrected chi connectivity index (χ4v) is 5.34. The number of carbonyl (C=O) groups is 1. The van der Waals surface area contributed by atoms with Gasteiger partial charge in [-0.3, -0.25) is 4.18 Å². The molecule has 0 bridgehead atoms. The molecule has 0 N–H and O–H groups in total. The highest BCUT2D eigenvalue weighted by molar-refractivity contribution is 14.1. The zero-order valence-corrected chi connectivity index (χ0v) is 20.4. The van der Waals surface area contributed by atoms with Gasteiger partial charge < -0.3 is 14.6 Å². The first-order valence-corrected chi connectivity index (χ1v) is 12.0. The normalized spacial score (nSPS) is 12.6. The Morgan fingerprint density at radius 1 is 1.11 bits per heavy atom. The second-order valence-electron chi connectivity index (χ2n) is 6.06. The van der Waals surface area contributed by atoms with Crippen molar-refractivity contribution >= 4 is 61.3 Å². The molecule has 1 unspecified atom stereocenters. The number of aromatic carboxylic acids is 1. The van der Waals surface area contributed by atoms with Gasteiger partial charge in [-0.25, -0.2) is 0 Å². The lowest BCUT2D eigenvalue weighted by atomic mass is 9.99. The lowest BCUT2D eigenvalue weighted by Crippen LogP contribution is -2.22. The highest BCUT2D eigenvalue weighted by Gasteiger charge is 2.16. The molecule has 0 aliphatic heterocycles. The molecule has 0 aromatic heterocycles. The van der Waals surface area contributed by atoms with Crippen LogP contribution in [0.4, 0.5) is 0 Å². The van der Waals surface area contributed by atoms with Crippen LogP contribution >= 0.6 is 45.2 Å². The second kappa shape index (κ2) is 10.2. The number of hydrogen-bond acceptors (Lipinski definition) is 6. The average Bonchev–Trinajstić information content (AvgIpc) is 2.66. The minimum absolute atomic E-state index is 0.000847. The lowest BCUT2D eigenvalue weighted by molar-refractivity contribution is -0.255. The van der Waals surface area contributed by atoms with E-state index in [2.05, 4.69) is 13.8 Å². The monoisotopic (exact) mass is 629 g/mol. The third kappa shape index (κ3) is 6.04. The number of carbonyl (C=O) groups excluding carboxylic acids is 1. The fraction of sp³-hybridized carbons (Fsp3) is 0.316. The molecule has 0 amide bonds. The Kier molecular flexibility index (Phi) is 8.52. The third-order valence-corrected chi connectivity index (χ3v) is 7.08. The summed E-state index contributed by atoms with van der Waals surface area (Å²) in [4.78, 5) is 11.1. The topological polar surface area (TPSA) is 92.7 Å². The van der Waals surface area contributed by atoms with Crippen LogP contribution in [-0.2, 0) is 14.3 Å². The van der Waals surface area contributed by atoms with Gasteiger partial charge in [-0.1, -0.05) is 26.0 Å². The number of hydrogen-bond donors (Lipinski definition) is 0. The Balaban J connectivity index is 1.97. The van der Waals surface area contributed by atoms with E-state index in [9.17, 15) is 18.3 Å². The molecule has 2 rings (SSSR count). The highest BCUT2D eigenvalue weighted by Crippen LogP contribution is 2.29. The van der Waals surface area contributed by atoms with Gasteiger partial charge in [-0.05, 0) is 92.9 Å². The first kappa shape index (κ1) is 23.4. The molecule has 2 aromatic carbocycles. The van der Waals surface area contributed by atoms with Crippen LogP contribution in [0.2, 0.25) is 0 Å². The standard InChI is InChI=1S/C19H20I2O6S/c1-3-12(2)13-4-6-15(7-5-13)28(24,25)27-9-8-26-18-16(20)10-14(19(22)23)11-17(18)21/h4-7,10-12H,3,8-9H2,1-2H3,(H,22,23)/p-1. The number of halogens is 2. The summed E-state index contributed by atoms with van der Waals surface area (Å²) in [7, 11) is -3.87. The molecule has 6 nitrogen and oxygen atoms in total. The summed E-state index contributed by atoms with van der Waals surface area (Å²) in [5, 5.41) is 11.0. The molecule has 9 heteroatoms. The smallest absolute Gasteiger partial charge is 0.297 e. The first-order chi connectivity index (χ1) is 13.2. The summed E-state index contributed by atoms with van der Waals surface area (Å²) in [6, 6.07) is 9.55.